The Balaban J connectivity index is 1.71. The SMILES string of the molecule is CSc1nc(C)c(CCC(=O)NCCNC(=O)c2ccco2)c(C)n1. The Morgan fingerprint density at radius 3 is 2.44 bits per heavy atom. The second-order valence-corrected chi connectivity index (χ2v) is 6.22. The normalized spacial score (nSPS) is 10.5. The largest absolute Gasteiger partial charge is 0.459 e. The third-order valence-corrected chi connectivity index (χ3v) is 4.21. The molecule has 2 aromatic heterocycles. The molecular weight excluding hydrogens is 340 g/mol. The van der Waals surface area contributed by atoms with Gasteiger partial charge in [-0.25, -0.2) is 9.97 Å². The van der Waals surface area contributed by atoms with E-state index in [0.717, 1.165) is 22.1 Å². The van der Waals surface area contributed by atoms with E-state index in [2.05, 4.69) is 20.6 Å². The monoisotopic (exact) mass is 362 g/mol. The minimum Gasteiger partial charge on any atom is -0.459 e. The predicted octanol–water partition coefficient (Wildman–Crippen LogP) is 1.89. The maximum atomic E-state index is 11.9. The van der Waals surface area contributed by atoms with Crippen LogP contribution < -0.4 is 10.6 Å². The van der Waals surface area contributed by atoms with Gasteiger partial charge in [-0.05, 0) is 44.2 Å². The molecule has 7 nitrogen and oxygen atoms in total. The number of thioether (sulfide) groups is 1. The van der Waals surface area contributed by atoms with E-state index in [1.807, 2.05) is 20.1 Å². The lowest BCUT2D eigenvalue weighted by Crippen LogP contribution is -2.34. The van der Waals surface area contributed by atoms with Gasteiger partial charge < -0.3 is 15.1 Å². The molecule has 0 aromatic carbocycles. The number of aryl methyl sites for hydroxylation is 2. The highest BCUT2D eigenvalue weighted by atomic mass is 32.2. The molecule has 2 N–H and O–H groups in total. The molecule has 25 heavy (non-hydrogen) atoms. The highest BCUT2D eigenvalue weighted by Crippen LogP contribution is 2.16. The van der Waals surface area contributed by atoms with Crippen molar-refractivity contribution in [1.29, 1.82) is 0 Å². The van der Waals surface area contributed by atoms with E-state index in [9.17, 15) is 9.59 Å². The van der Waals surface area contributed by atoms with Gasteiger partial charge in [-0.3, -0.25) is 9.59 Å². The molecule has 2 heterocycles. The van der Waals surface area contributed by atoms with Crippen molar-refractivity contribution in [3.8, 4) is 0 Å². The number of aromatic nitrogens is 2. The smallest absolute Gasteiger partial charge is 0.287 e. The van der Waals surface area contributed by atoms with Crippen LogP contribution in [0.1, 0.15) is 33.9 Å². The topological polar surface area (TPSA) is 97.1 Å². The quantitative estimate of drug-likeness (QED) is 0.423. The van der Waals surface area contributed by atoms with Gasteiger partial charge in [0.1, 0.15) is 0 Å². The molecule has 8 heteroatoms. The van der Waals surface area contributed by atoms with Gasteiger partial charge in [-0.2, -0.15) is 0 Å². The summed E-state index contributed by atoms with van der Waals surface area (Å²) in [5.41, 5.74) is 2.84. The zero-order valence-electron chi connectivity index (χ0n) is 14.6. The van der Waals surface area contributed by atoms with Gasteiger partial charge in [0.05, 0.1) is 6.26 Å². The summed E-state index contributed by atoms with van der Waals surface area (Å²) < 4.78 is 4.99. The summed E-state index contributed by atoms with van der Waals surface area (Å²) in [6, 6.07) is 3.24. The molecule has 0 fully saturated rings. The van der Waals surface area contributed by atoms with Gasteiger partial charge in [-0.1, -0.05) is 11.8 Å². The van der Waals surface area contributed by atoms with Crippen LogP contribution in [0.5, 0.6) is 0 Å². The molecule has 0 saturated heterocycles. The van der Waals surface area contributed by atoms with E-state index < -0.39 is 0 Å². The number of amides is 2. The van der Waals surface area contributed by atoms with Crippen LogP contribution in [-0.2, 0) is 11.2 Å². The summed E-state index contributed by atoms with van der Waals surface area (Å²) in [6.45, 7) is 4.58. The lowest BCUT2D eigenvalue weighted by atomic mass is 10.1. The van der Waals surface area contributed by atoms with E-state index >= 15 is 0 Å². The van der Waals surface area contributed by atoms with E-state index in [-0.39, 0.29) is 17.6 Å². The molecule has 0 atom stereocenters. The molecule has 0 radical (unpaired) electrons. The molecule has 0 aliphatic carbocycles. The van der Waals surface area contributed by atoms with Crippen molar-refractivity contribution in [1.82, 2.24) is 20.6 Å². The average Bonchev–Trinajstić information content (AvgIpc) is 3.12. The second kappa shape index (κ2) is 9.22. The molecule has 2 rings (SSSR count). The van der Waals surface area contributed by atoms with Crippen molar-refractivity contribution in [2.45, 2.75) is 31.8 Å². The Morgan fingerprint density at radius 2 is 1.84 bits per heavy atom. The van der Waals surface area contributed by atoms with E-state index in [0.29, 0.717) is 25.9 Å². The Morgan fingerprint density at radius 1 is 1.16 bits per heavy atom. The van der Waals surface area contributed by atoms with Crippen molar-refractivity contribution in [2.75, 3.05) is 19.3 Å². The molecule has 2 amide bonds. The molecule has 0 spiro atoms. The van der Waals surface area contributed by atoms with Gasteiger partial charge in [0.25, 0.3) is 5.91 Å². The van der Waals surface area contributed by atoms with Gasteiger partial charge >= 0.3 is 0 Å². The summed E-state index contributed by atoms with van der Waals surface area (Å²) in [4.78, 5) is 32.4. The summed E-state index contributed by atoms with van der Waals surface area (Å²) >= 11 is 1.50. The molecule has 134 valence electrons. The van der Waals surface area contributed by atoms with Crippen molar-refractivity contribution in [2.24, 2.45) is 0 Å². The fraction of sp³-hybridized carbons (Fsp3) is 0.412. The van der Waals surface area contributed by atoms with Crippen LogP contribution in [-0.4, -0.2) is 41.1 Å². The number of hydrogen-bond donors (Lipinski definition) is 2. The molecule has 0 unspecified atom stereocenters. The zero-order chi connectivity index (χ0) is 18.2. The van der Waals surface area contributed by atoms with E-state index in [1.54, 1.807) is 12.1 Å². The van der Waals surface area contributed by atoms with Crippen LogP contribution in [0, 0.1) is 13.8 Å². The number of furan rings is 1. The van der Waals surface area contributed by atoms with Crippen molar-refractivity contribution in [3.63, 3.8) is 0 Å². The summed E-state index contributed by atoms with van der Waals surface area (Å²) in [7, 11) is 0. The Kier molecular flexibility index (Phi) is 7.00. The van der Waals surface area contributed by atoms with Crippen LogP contribution >= 0.6 is 11.8 Å². The van der Waals surface area contributed by atoms with Crippen molar-refractivity contribution in [3.05, 3.63) is 41.1 Å². The Hall–Kier alpha value is -2.35. The third kappa shape index (κ3) is 5.60. The van der Waals surface area contributed by atoms with E-state index in [4.69, 9.17) is 4.42 Å². The summed E-state index contributed by atoms with van der Waals surface area (Å²) in [5, 5.41) is 6.21. The van der Waals surface area contributed by atoms with Crippen molar-refractivity contribution < 1.29 is 14.0 Å². The first-order valence-corrected chi connectivity index (χ1v) is 9.20. The standard InChI is InChI=1S/C17H22N4O3S/c1-11-13(12(2)21-17(20-11)25-3)6-7-15(22)18-8-9-19-16(23)14-5-4-10-24-14/h4-5,10H,6-9H2,1-3H3,(H,18,22)(H,19,23). The first-order valence-electron chi connectivity index (χ1n) is 7.97. The number of carbonyl (C=O) groups is 2. The first-order chi connectivity index (χ1) is 12.0. The number of rotatable bonds is 8. The maximum absolute atomic E-state index is 11.9. The molecular formula is C17H22N4O3S. The highest BCUT2D eigenvalue weighted by molar-refractivity contribution is 7.98. The fourth-order valence-electron chi connectivity index (χ4n) is 2.36. The van der Waals surface area contributed by atoms with Crippen LogP contribution in [0.2, 0.25) is 0 Å². The van der Waals surface area contributed by atoms with Crippen LogP contribution in [0.25, 0.3) is 0 Å². The van der Waals surface area contributed by atoms with Gasteiger partial charge in [0.2, 0.25) is 5.91 Å². The fourth-order valence-corrected chi connectivity index (χ4v) is 2.82. The predicted molar refractivity (Wildman–Crippen MR) is 95.7 cm³/mol. The minimum atomic E-state index is -0.295. The highest BCUT2D eigenvalue weighted by Gasteiger charge is 2.11. The van der Waals surface area contributed by atoms with Gasteiger partial charge in [0.15, 0.2) is 10.9 Å². The number of nitrogens with one attached hydrogen (secondary N) is 2. The molecule has 0 aliphatic heterocycles. The van der Waals surface area contributed by atoms with Gasteiger partial charge in [-0.15, -0.1) is 0 Å². The van der Waals surface area contributed by atoms with Crippen LogP contribution in [0.3, 0.4) is 0 Å². The Bertz CT molecular complexity index is 708. The van der Waals surface area contributed by atoms with Crippen LogP contribution in [0.4, 0.5) is 0 Å². The first kappa shape index (κ1) is 19.0. The second-order valence-electron chi connectivity index (χ2n) is 5.44. The van der Waals surface area contributed by atoms with Crippen LogP contribution in [0.15, 0.2) is 28.0 Å². The Labute approximate surface area is 151 Å². The lowest BCUT2D eigenvalue weighted by molar-refractivity contribution is -0.121. The number of carbonyl (C=O) groups excluding carboxylic acids is 2. The summed E-state index contributed by atoms with van der Waals surface area (Å²) in [5.74, 6) is -0.109. The molecule has 2 aromatic rings. The third-order valence-electron chi connectivity index (χ3n) is 3.66. The van der Waals surface area contributed by atoms with Gasteiger partial charge in [0, 0.05) is 30.9 Å². The number of hydrogen-bond acceptors (Lipinski definition) is 6. The molecule has 0 saturated carbocycles. The molecule has 0 aliphatic rings. The van der Waals surface area contributed by atoms with E-state index in [1.165, 1.54) is 18.0 Å². The minimum absolute atomic E-state index is 0.0695. The zero-order valence-corrected chi connectivity index (χ0v) is 15.4. The summed E-state index contributed by atoms with van der Waals surface area (Å²) in [6.07, 6.45) is 4.33. The molecule has 0 bridgehead atoms. The number of nitrogens with zero attached hydrogens (tertiary/aromatic N) is 2. The maximum Gasteiger partial charge on any atom is 0.287 e. The average molecular weight is 362 g/mol. The van der Waals surface area contributed by atoms with Crippen molar-refractivity contribution >= 4 is 23.6 Å². The lowest BCUT2D eigenvalue weighted by Gasteiger charge is -2.10.